The van der Waals surface area contributed by atoms with Crippen molar-refractivity contribution in [2.24, 2.45) is 0 Å². The number of rotatable bonds is 5. The summed E-state index contributed by atoms with van der Waals surface area (Å²) >= 11 is 0. The summed E-state index contributed by atoms with van der Waals surface area (Å²) in [5.74, 6) is -0.207. The fourth-order valence-corrected chi connectivity index (χ4v) is 2.15. The van der Waals surface area contributed by atoms with E-state index in [1.165, 1.54) is 13.0 Å². The van der Waals surface area contributed by atoms with Crippen LogP contribution in [0.4, 0.5) is 5.69 Å². The summed E-state index contributed by atoms with van der Waals surface area (Å²) in [4.78, 5) is 23.2. The molecule has 0 aliphatic rings. The first-order valence-electron chi connectivity index (χ1n) is 7.54. The molecule has 0 aliphatic carbocycles. The van der Waals surface area contributed by atoms with E-state index in [1.807, 2.05) is 30.3 Å². The zero-order valence-electron chi connectivity index (χ0n) is 13.4. The summed E-state index contributed by atoms with van der Waals surface area (Å²) in [6.45, 7) is 1.26. The number of benzene rings is 2. The molecule has 3 rings (SSSR count). The van der Waals surface area contributed by atoms with Crippen molar-refractivity contribution in [3.63, 3.8) is 0 Å². The lowest BCUT2D eigenvalue weighted by Gasteiger charge is -2.05. The van der Waals surface area contributed by atoms with Gasteiger partial charge in [-0.15, -0.1) is 10.2 Å². The molecular formula is C18H15N3O4. The lowest BCUT2D eigenvalue weighted by molar-refractivity contribution is -0.114. The molecule has 0 aliphatic heterocycles. The molecule has 0 spiro atoms. The molecular weight excluding hydrogens is 322 g/mol. The Hall–Kier alpha value is -3.48. The number of hydrogen-bond donors (Lipinski definition) is 1. The van der Waals surface area contributed by atoms with Gasteiger partial charge in [0, 0.05) is 18.2 Å². The minimum absolute atomic E-state index is 0.136. The van der Waals surface area contributed by atoms with E-state index in [9.17, 15) is 9.59 Å². The van der Waals surface area contributed by atoms with Crippen LogP contribution in [-0.2, 0) is 16.1 Å². The standard InChI is InChI=1S/C18H15N3O4/c1-12(22)19-15-9-5-8-14(10-15)18(23)24-11-16-20-21-17(25-16)13-6-3-2-4-7-13/h2-10H,11H2,1H3,(H,19,22). The Kier molecular flexibility index (Phi) is 4.84. The molecule has 7 heteroatoms. The summed E-state index contributed by atoms with van der Waals surface area (Å²) in [6, 6.07) is 15.8. The minimum Gasteiger partial charge on any atom is -0.452 e. The third kappa shape index (κ3) is 4.29. The third-order valence-corrected chi connectivity index (χ3v) is 3.23. The summed E-state index contributed by atoms with van der Waals surface area (Å²) < 4.78 is 10.7. The maximum absolute atomic E-state index is 12.1. The number of amides is 1. The van der Waals surface area contributed by atoms with E-state index in [-0.39, 0.29) is 18.4 Å². The van der Waals surface area contributed by atoms with Crippen LogP contribution in [0.2, 0.25) is 0 Å². The monoisotopic (exact) mass is 337 g/mol. The van der Waals surface area contributed by atoms with Crippen molar-refractivity contribution < 1.29 is 18.7 Å². The third-order valence-electron chi connectivity index (χ3n) is 3.23. The van der Waals surface area contributed by atoms with Crippen molar-refractivity contribution in [2.75, 3.05) is 5.32 Å². The second-order valence-electron chi connectivity index (χ2n) is 5.21. The molecule has 3 aromatic rings. The first-order chi connectivity index (χ1) is 12.1. The number of ether oxygens (including phenoxy) is 1. The SMILES string of the molecule is CC(=O)Nc1cccc(C(=O)OCc2nnc(-c3ccccc3)o2)c1. The van der Waals surface area contributed by atoms with Crippen LogP contribution in [0.25, 0.3) is 11.5 Å². The van der Waals surface area contributed by atoms with E-state index >= 15 is 0 Å². The van der Waals surface area contributed by atoms with E-state index < -0.39 is 5.97 Å². The lowest BCUT2D eigenvalue weighted by atomic mass is 10.2. The number of nitrogens with one attached hydrogen (secondary N) is 1. The highest BCUT2D eigenvalue weighted by Crippen LogP contribution is 2.18. The molecule has 0 fully saturated rings. The van der Waals surface area contributed by atoms with Crippen LogP contribution in [0.1, 0.15) is 23.2 Å². The highest BCUT2D eigenvalue weighted by atomic mass is 16.5. The van der Waals surface area contributed by atoms with E-state index in [4.69, 9.17) is 9.15 Å². The number of carbonyl (C=O) groups excluding carboxylic acids is 2. The molecule has 1 aromatic heterocycles. The molecule has 126 valence electrons. The van der Waals surface area contributed by atoms with Crippen LogP contribution < -0.4 is 5.32 Å². The van der Waals surface area contributed by atoms with E-state index in [2.05, 4.69) is 15.5 Å². The van der Waals surface area contributed by atoms with Crippen LogP contribution in [0.3, 0.4) is 0 Å². The first kappa shape index (κ1) is 16.4. The summed E-state index contributed by atoms with van der Waals surface area (Å²) in [6.07, 6.45) is 0. The Morgan fingerprint density at radius 3 is 2.64 bits per heavy atom. The highest BCUT2D eigenvalue weighted by Gasteiger charge is 2.13. The van der Waals surface area contributed by atoms with Gasteiger partial charge in [0.1, 0.15) is 0 Å². The number of aromatic nitrogens is 2. The second kappa shape index (κ2) is 7.39. The predicted molar refractivity (Wildman–Crippen MR) is 89.6 cm³/mol. The van der Waals surface area contributed by atoms with Gasteiger partial charge in [-0.2, -0.15) is 0 Å². The minimum atomic E-state index is -0.549. The van der Waals surface area contributed by atoms with Gasteiger partial charge < -0.3 is 14.5 Å². The van der Waals surface area contributed by atoms with E-state index in [1.54, 1.807) is 18.2 Å². The Balaban J connectivity index is 1.63. The molecule has 0 radical (unpaired) electrons. The molecule has 7 nitrogen and oxygen atoms in total. The average molecular weight is 337 g/mol. The van der Waals surface area contributed by atoms with Gasteiger partial charge in [0.05, 0.1) is 5.56 Å². The molecule has 0 saturated heterocycles. The highest BCUT2D eigenvalue weighted by molar-refractivity contribution is 5.93. The quantitative estimate of drug-likeness (QED) is 0.719. The van der Waals surface area contributed by atoms with Crippen LogP contribution >= 0.6 is 0 Å². The Morgan fingerprint density at radius 1 is 1.08 bits per heavy atom. The number of anilines is 1. The molecule has 0 atom stereocenters. The average Bonchev–Trinajstić information content (AvgIpc) is 3.09. The van der Waals surface area contributed by atoms with E-state index in [0.717, 1.165) is 5.56 Å². The van der Waals surface area contributed by atoms with Gasteiger partial charge >= 0.3 is 5.97 Å². The van der Waals surface area contributed by atoms with Crippen molar-refractivity contribution in [1.29, 1.82) is 0 Å². The fraction of sp³-hybridized carbons (Fsp3) is 0.111. The molecule has 0 saturated carbocycles. The Morgan fingerprint density at radius 2 is 1.88 bits per heavy atom. The molecule has 2 aromatic carbocycles. The maximum atomic E-state index is 12.1. The molecule has 1 N–H and O–H groups in total. The summed E-state index contributed by atoms with van der Waals surface area (Å²) in [7, 11) is 0. The van der Waals surface area contributed by atoms with Crippen molar-refractivity contribution in [3.05, 3.63) is 66.1 Å². The van der Waals surface area contributed by atoms with Crippen molar-refractivity contribution in [2.45, 2.75) is 13.5 Å². The van der Waals surface area contributed by atoms with Gasteiger partial charge in [-0.05, 0) is 30.3 Å². The second-order valence-corrected chi connectivity index (χ2v) is 5.21. The smallest absolute Gasteiger partial charge is 0.338 e. The number of nitrogens with zero attached hydrogens (tertiary/aromatic N) is 2. The van der Waals surface area contributed by atoms with Crippen LogP contribution in [0, 0.1) is 0 Å². The van der Waals surface area contributed by atoms with Crippen LogP contribution in [0.5, 0.6) is 0 Å². The Labute approximate surface area is 143 Å². The molecule has 1 amide bonds. The summed E-state index contributed by atoms with van der Waals surface area (Å²) in [5.41, 5.74) is 1.62. The van der Waals surface area contributed by atoms with Crippen molar-refractivity contribution in [3.8, 4) is 11.5 Å². The van der Waals surface area contributed by atoms with E-state index in [0.29, 0.717) is 17.1 Å². The first-order valence-corrected chi connectivity index (χ1v) is 7.54. The largest absolute Gasteiger partial charge is 0.452 e. The van der Waals surface area contributed by atoms with Gasteiger partial charge in [-0.25, -0.2) is 4.79 Å². The van der Waals surface area contributed by atoms with Crippen molar-refractivity contribution in [1.82, 2.24) is 10.2 Å². The van der Waals surface area contributed by atoms with Crippen LogP contribution in [0.15, 0.2) is 59.0 Å². The lowest BCUT2D eigenvalue weighted by Crippen LogP contribution is -2.09. The number of hydrogen-bond acceptors (Lipinski definition) is 6. The van der Waals surface area contributed by atoms with Gasteiger partial charge in [-0.1, -0.05) is 24.3 Å². The van der Waals surface area contributed by atoms with Gasteiger partial charge in [-0.3, -0.25) is 4.79 Å². The molecule has 25 heavy (non-hydrogen) atoms. The van der Waals surface area contributed by atoms with Gasteiger partial charge in [0.15, 0.2) is 6.61 Å². The fourth-order valence-electron chi connectivity index (χ4n) is 2.15. The zero-order chi connectivity index (χ0) is 17.6. The number of carbonyl (C=O) groups is 2. The molecule has 0 bridgehead atoms. The van der Waals surface area contributed by atoms with Gasteiger partial charge in [0.2, 0.25) is 11.8 Å². The van der Waals surface area contributed by atoms with Crippen LogP contribution in [-0.4, -0.2) is 22.1 Å². The normalized spacial score (nSPS) is 10.3. The topological polar surface area (TPSA) is 94.3 Å². The molecule has 1 heterocycles. The predicted octanol–water partition coefficient (Wildman–Crippen LogP) is 3.05. The molecule has 0 unspecified atom stereocenters. The number of esters is 1. The Bertz CT molecular complexity index is 890. The van der Waals surface area contributed by atoms with Crippen molar-refractivity contribution >= 4 is 17.6 Å². The zero-order valence-corrected chi connectivity index (χ0v) is 13.4. The maximum Gasteiger partial charge on any atom is 0.338 e. The summed E-state index contributed by atoms with van der Waals surface area (Å²) in [5, 5.41) is 10.4. The van der Waals surface area contributed by atoms with Gasteiger partial charge in [0.25, 0.3) is 5.89 Å².